The van der Waals surface area contributed by atoms with Gasteiger partial charge >= 0.3 is 0 Å². The van der Waals surface area contributed by atoms with Crippen molar-refractivity contribution in [2.45, 2.75) is 6.42 Å². The number of hydrogen-bond acceptors (Lipinski definition) is 4. The summed E-state index contributed by atoms with van der Waals surface area (Å²) in [6.45, 7) is 0.00479. The van der Waals surface area contributed by atoms with Crippen molar-refractivity contribution in [3.8, 4) is 5.69 Å². The predicted molar refractivity (Wildman–Crippen MR) is 55.0 cm³/mol. The minimum absolute atomic E-state index is 0.00479. The van der Waals surface area contributed by atoms with Crippen LogP contribution < -0.4 is 0 Å². The lowest BCUT2D eigenvalue weighted by Crippen LogP contribution is -2.05. The topological polar surface area (TPSA) is 63.8 Å². The average molecular weight is 225 g/mol. The van der Waals surface area contributed by atoms with Gasteiger partial charge in [0.2, 0.25) is 0 Å². The molecular weight excluding hydrogens is 216 g/mol. The number of aliphatic hydroxyl groups excluding tert-OH is 1. The van der Waals surface area contributed by atoms with E-state index in [0.717, 1.165) is 0 Å². The lowest BCUT2D eigenvalue weighted by Gasteiger charge is -2.04. The van der Waals surface area contributed by atoms with Gasteiger partial charge in [0.15, 0.2) is 5.82 Å². The van der Waals surface area contributed by atoms with Crippen molar-refractivity contribution in [1.82, 2.24) is 20.2 Å². The molecule has 0 saturated heterocycles. The Bertz CT molecular complexity index is 457. The van der Waals surface area contributed by atoms with Gasteiger partial charge in [-0.05, 0) is 22.6 Å². The van der Waals surface area contributed by atoms with Gasteiger partial charge in [-0.1, -0.05) is 23.7 Å². The fourth-order valence-corrected chi connectivity index (χ4v) is 1.49. The van der Waals surface area contributed by atoms with E-state index in [0.29, 0.717) is 23.0 Å². The molecule has 78 valence electrons. The minimum atomic E-state index is 0.00479. The molecule has 0 amide bonds. The Morgan fingerprint density at radius 1 is 1.33 bits per heavy atom. The van der Waals surface area contributed by atoms with Crippen LogP contribution in [-0.4, -0.2) is 31.9 Å². The molecule has 15 heavy (non-hydrogen) atoms. The number of para-hydroxylation sites is 1. The zero-order chi connectivity index (χ0) is 10.7. The van der Waals surface area contributed by atoms with E-state index in [4.69, 9.17) is 16.7 Å². The SMILES string of the molecule is OCCc1nnnn1-c1ccccc1Cl. The van der Waals surface area contributed by atoms with Gasteiger partial charge in [0, 0.05) is 6.42 Å². The quantitative estimate of drug-likeness (QED) is 0.840. The van der Waals surface area contributed by atoms with Gasteiger partial charge in [0.05, 0.1) is 17.3 Å². The largest absolute Gasteiger partial charge is 0.396 e. The number of aliphatic hydroxyl groups is 1. The maximum atomic E-state index is 8.84. The van der Waals surface area contributed by atoms with Crippen LogP contribution in [0.2, 0.25) is 5.02 Å². The molecule has 0 aliphatic heterocycles. The van der Waals surface area contributed by atoms with E-state index in [1.54, 1.807) is 6.07 Å². The molecule has 0 fully saturated rings. The number of aromatic nitrogens is 4. The summed E-state index contributed by atoms with van der Waals surface area (Å²) in [6.07, 6.45) is 0.401. The number of hydrogen-bond donors (Lipinski definition) is 1. The highest BCUT2D eigenvalue weighted by Crippen LogP contribution is 2.19. The summed E-state index contributed by atoms with van der Waals surface area (Å²) in [6, 6.07) is 7.27. The van der Waals surface area contributed by atoms with Crippen LogP contribution in [0.1, 0.15) is 5.82 Å². The summed E-state index contributed by atoms with van der Waals surface area (Å²) in [5.74, 6) is 0.589. The van der Waals surface area contributed by atoms with E-state index in [2.05, 4.69) is 15.5 Å². The number of tetrazole rings is 1. The second kappa shape index (κ2) is 4.37. The molecule has 0 spiro atoms. The van der Waals surface area contributed by atoms with Crippen molar-refractivity contribution in [2.24, 2.45) is 0 Å². The Morgan fingerprint density at radius 3 is 2.87 bits per heavy atom. The summed E-state index contributed by atoms with van der Waals surface area (Å²) >= 11 is 6.01. The minimum Gasteiger partial charge on any atom is -0.396 e. The molecule has 0 unspecified atom stereocenters. The van der Waals surface area contributed by atoms with Crippen LogP contribution in [0.5, 0.6) is 0 Å². The van der Waals surface area contributed by atoms with Crippen LogP contribution in [0.4, 0.5) is 0 Å². The third-order valence-corrected chi connectivity index (χ3v) is 2.27. The van der Waals surface area contributed by atoms with Gasteiger partial charge in [-0.15, -0.1) is 5.10 Å². The third-order valence-electron chi connectivity index (χ3n) is 1.95. The van der Waals surface area contributed by atoms with E-state index in [9.17, 15) is 0 Å². The van der Waals surface area contributed by atoms with E-state index >= 15 is 0 Å². The van der Waals surface area contributed by atoms with Gasteiger partial charge in [0.25, 0.3) is 0 Å². The van der Waals surface area contributed by atoms with Crippen molar-refractivity contribution < 1.29 is 5.11 Å². The molecule has 0 atom stereocenters. The Labute approximate surface area is 91.3 Å². The zero-order valence-corrected chi connectivity index (χ0v) is 8.59. The number of halogens is 1. The Kier molecular flexibility index (Phi) is 2.94. The highest BCUT2D eigenvalue weighted by atomic mass is 35.5. The molecule has 5 nitrogen and oxygen atoms in total. The molecule has 1 N–H and O–H groups in total. The smallest absolute Gasteiger partial charge is 0.159 e. The van der Waals surface area contributed by atoms with E-state index in [1.165, 1.54) is 4.68 Å². The van der Waals surface area contributed by atoms with Crippen LogP contribution >= 0.6 is 11.6 Å². The number of nitrogens with zero attached hydrogens (tertiary/aromatic N) is 4. The van der Waals surface area contributed by atoms with Crippen LogP contribution in [0.15, 0.2) is 24.3 Å². The first-order chi connectivity index (χ1) is 7.33. The highest BCUT2D eigenvalue weighted by Gasteiger charge is 2.09. The molecule has 6 heteroatoms. The van der Waals surface area contributed by atoms with Crippen molar-refractivity contribution in [3.63, 3.8) is 0 Å². The molecule has 0 aliphatic carbocycles. The highest BCUT2D eigenvalue weighted by molar-refractivity contribution is 6.32. The lowest BCUT2D eigenvalue weighted by atomic mass is 10.3. The predicted octanol–water partition coefficient (Wildman–Crippen LogP) is 0.850. The Morgan fingerprint density at radius 2 is 2.13 bits per heavy atom. The normalized spacial score (nSPS) is 10.5. The van der Waals surface area contributed by atoms with Gasteiger partial charge in [0.1, 0.15) is 0 Å². The van der Waals surface area contributed by atoms with Crippen LogP contribution in [0.3, 0.4) is 0 Å². The van der Waals surface area contributed by atoms with E-state index in [1.807, 2.05) is 18.2 Å². The van der Waals surface area contributed by atoms with E-state index < -0.39 is 0 Å². The van der Waals surface area contributed by atoms with Gasteiger partial charge in [-0.3, -0.25) is 0 Å². The zero-order valence-electron chi connectivity index (χ0n) is 7.84. The number of rotatable bonds is 3. The second-order valence-corrected chi connectivity index (χ2v) is 3.34. The summed E-state index contributed by atoms with van der Waals surface area (Å²) in [5.41, 5.74) is 0.715. The summed E-state index contributed by atoms with van der Waals surface area (Å²) in [7, 11) is 0. The maximum Gasteiger partial charge on any atom is 0.159 e. The first-order valence-corrected chi connectivity index (χ1v) is 4.83. The Balaban J connectivity index is 2.45. The monoisotopic (exact) mass is 224 g/mol. The van der Waals surface area contributed by atoms with Crippen LogP contribution in [0, 0.1) is 0 Å². The van der Waals surface area contributed by atoms with Gasteiger partial charge < -0.3 is 5.11 Å². The molecule has 0 saturated carbocycles. The molecule has 1 aromatic carbocycles. The molecule has 2 aromatic rings. The number of benzene rings is 1. The molecule has 1 heterocycles. The fraction of sp³-hybridized carbons (Fsp3) is 0.222. The molecule has 0 radical (unpaired) electrons. The third kappa shape index (κ3) is 1.98. The molecule has 1 aromatic heterocycles. The lowest BCUT2D eigenvalue weighted by molar-refractivity contribution is 0.295. The average Bonchev–Trinajstić information content (AvgIpc) is 2.67. The first-order valence-electron chi connectivity index (χ1n) is 4.46. The van der Waals surface area contributed by atoms with Gasteiger partial charge in [-0.25, -0.2) is 0 Å². The first kappa shape index (κ1) is 10.1. The standard InChI is InChI=1S/C9H9ClN4O/c10-7-3-1-2-4-8(7)14-9(5-6-15)11-12-13-14/h1-4,15H,5-6H2. The summed E-state index contributed by atoms with van der Waals surface area (Å²) < 4.78 is 1.53. The van der Waals surface area contributed by atoms with Crippen LogP contribution in [0.25, 0.3) is 5.69 Å². The molecule has 0 bridgehead atoms. The molecule has 2 rings (SSSR count). The fourth-order valence-electron chi connectivity index (χ4n) is 1.27. The van der Waals surface area contributed by atoms with Crippen molar-refractivity contribution in [2.75, 3.05) is 6.61 Å². The summed E-state index contributed by atoms with van der Waals surface area (Å²) in [5, 5.41) is 20.6. The van der Waals surface area contributed by atoms with Crippen molar-refractivity contribution in [1.29, 1.82) is 0 Å². The van der Waals surface area contributed by atoms with Crippen molar-refractivity contribution in [3.05, 3.63) is 35.1 Å². The van der Waals surface area contributed by atoms with Gasteiger partial charge in [-0.2, -0.15) is 4.68 Å². The van der Waals surface area contributed by atoms with E-state index in [-0.39, 0.29) is 6.61 Å². The maximum absolute atomic E-state index is 8.84. The van der Waals surface area contributed by atoms with Crippen molar-refractivity contribution >= 4 is 11.6 Å². The van der Waals surface area contributed by atoms with Crippen LogP contribution in [-0.2, 0) is 6.42 Å². The molecular formula is C9H9ClN4O. The second-order valence-electron chi connectivity index (χ2n) is 2.93. The summed E-state index contributed by atoms with van der Waals surface area (Å²) in [4.78, 5) is 0. The Hall–Kier alpha value is -1.46. The molecule has 0 aliphatic rings.